The number of carbonyl (C=O) groups excluding carboxylic acids is 1. The zero-order chi connectivity index (χ0) is 13.1. The van der Waals surface area contributed by atoms with Crippen molar-refractivity contribution < 1.29 is 14.3 Å². The Labute approximate surface area is 105 Å². The van der Waals surface area contributed by atoms with Crippen molar-refractivity contribution in [3.8, 4) is 0 Å². The maximum atomic E-state index is 11.4. The topological polar surface area (TPSA) is 38.8 Å². The number of hydrogen-bond acceptors (Lipinski definition) is 3. The minimum atomic E-state index is -0.212. The van der Waals surface area contributed by atoms with Crippen LogP contribution >= 0.6 is 0 Å². The van der Waals surface area contributed by atoms with Gasteiger partial charge in [0, 0.05) is 39.6 Å². The van der Waals surface area contributed by atoms with Gasteiger partial charge in [0.15, 0.2) is 6.29 Å². The zero-order valence-corrected chi connectivity index (χ0v) is 11.3. The summed E-state index contributed by atoms with van der Waals surface area (Å²) in [4.78, 5) is 13.2. The molecule has 0 radical (unpaired) electrons. The smallest absolute Gasteiger partial charge is 0.219 e. The van der Waals surface area contributed by atoms with E-state index < -0.39 is 0 Å². The fraction of sp³-hybridized carbons (Fsp3) is 0.769. The van der Waals surface area contributed by atoms with Gasteiger partial charge in [-0.1, -0.05) is 6.08 Å². The summed E-state index contributed by atoms with van der Waals surface area (Å²) in [6.07, 6.45) is 3.13. The van der Waals surface area contributed by atoms with E-state index in [0.29, 0.717) is 32.7 Å². The molecule has 0 unspecified atom stereocenters. The van der Waals surface area contributed by atoms with Gasteiger partial charge in [-0.15, -0.1) is 6.58 Å². The molecular formula is C13H25NO3. The molecule has 0 aromatic rings. The summed E-state index contributed by atoms with van der Waals surface area (Å²) < 4.78 is 10.9. The molecule has 0 saturated heterocycles. The quantitative estimate of drug-likeness (QED) is 0.436. The molecule has 0 aromatic heterocycles. The van der Waals surface area contributed by atoms with Crippen LogP contribution in [0.25, 0.3) is 0 Å². The maximum absolute atomic E-state index is 11.4. The Morgan fingerprint density at radius 1 is 1.29 bits per heavy atom. The number of hydrogen-bond donors (Lipinski definition) is 0. The van der Waals surface area contributed by atoms with Crippen molar-refractivity contribution >= 4 is 5.91 Å². The molecule has 0 aliphatic carbocycles. The van der Waals surface area contributed by atoms with Crippen molar-refractivity contribution in [2.45, 2.75) is 39.9 Å². The van der Waals surface area contributed by atoms with E-state index in [2.05, 4.69) is 6.58 Å². The number of amides is 1. The van der Waals surface area contributed by atoms with Crippen LogP contribution in [0, 0.1) is 0 Å². The lowest BCUT2D eigenvalue weighted by Crippen LogP contribution is -2.33. The van der Waals surface area contributed by atoms with E-state index in [1.165, 1.54) is 0 Å². The molecule has 17 heavy (non-hydrogen) atoms. The van der Waals surface area contributed by atoms with Crippen LogP contribution in [-0.2, 0) is 14.3 Å². The van der Waals surface area contributed by atoms with E-state index in [1.54, 1.807) is 11.8 Å². The molecule has 4 heteroatoms. The highest BCUT2D eigenvalue weighted by Gasteiger charge is 2.13. The average Bonchev–Trinajstić information content (AvgIpc) is 2.29. The van der Waals surface area contributed by atoms with Crippen LogP contribution in [0.5, 0.6) is 0 Å². The van der Waals surface area contributed by atoms with Crippen LogP contribution in [-0.4, -0.2) is 43.4 Å². The molecule has 100 valence electrons. The number of ether oxygens (including phenoxy) is 2. The molecule has 0 aliphatic heterocycles. The van der Waals surface area contributed by atoms with Crippen molar-refractivity contribution in [1.82, 2.24) is 4.90 Å². The summed E-state index contributed by atoms with van der Waals surface area (Å²) in [7, 11) is 0. The second kappa shape index (κ2) is 10.3. The van der Waals surface area contributed by atoms with Crippen molar-refractivity contribution in [3.63, 3.8) is 0 Å². The minimum Gasteiger partial charge on any atom is -0.353 e. The number of nitrogens with zero attached hydrogens (tertiary/aromatic N) is 1. The zero-order valence-electron chi connectivity index (χ0n) is 11.3. The first kappa shape index (κ1) is 16.1. The molecule has 0 aliphatic rings. The fourth-order valence-electron chi connectivity index (χ4n) is 1.52. The van der Waals surface area contributed by atoms with Crippen molar-refractivity contribution in [2.24, 2.45) is 0 Å². The molecule has 4 nitrogen and oxygen atoms in total. The van der Waals surface area contributed by atoms with E-state index in [4.69, 9.17) is 9.47 Å². The third kappa shape index (κ3) is 7.94. The van der Waals surface area contributed by atoms with Crippen LogP contribution in [0.1, 0.15) is 33.6 Å². The van der Waals surface area contributed by atoms with Gasteiger partial charge in [-0.05, 0) is 20.3 Å². The summed E-state index contributed by atoms with van der Waals surface area (Å²) in [5.41, 5.74) is 0. The SMILES string of the molecule is C=CCCN(CCC(OCC)OCC)C(C)=O. The molecule has 0 bridgehead atoms. The van der Waals surface area contributed by atoms with E-state index >= 15 is 0 Å². The highest BCUT2D eigenvalue weighted by atomic mass is 16.7. The second-order valence-corrected chi connectivity index (χ2v) is 3.71. The number of rotatable bonds is 10. The highest BCUT2D eigenvalue weighted by Crippen LogP contribution is 2.04. The van der Waals surface area contributed by atoms with Gasteiger partial charge in [0.05, 0.1) is 0 Å². The lowest BCUT2D eigenvalue weighted by molar-refractivity contribution is -0.145. The van der Waals surface area contributed by atoms with E-state index in [1.807, 2.05) is 19.9 Å². The van der Waals surface area contributed by atoms with Crippen LogP contribution in [0.3, 0.4) is 0 Å². The van der Waals surface area contributed by atoms with E-state index in [-0.39, 0.29) is 12.2 Å². The first-order valence-corrected chi connectivity index (χ1v) is 6.25. The fourth-order valence-corrected chi connectivity index (χ4v) is 1.52. The average molecular weight is 243 g/mol. The lowest BCUT2D eigenvalue weighted by atomic mass is 10.3. The van der Waals surface area contributed by atoms with Gasteiger partial charge >= 0.3 is 0 Å². The Morgan fingerprint density at radius 2 is 1.88 bits per heavy atom. The number of carbonyl (C=O) groups is 1. The Hall–Kier alpha value is -0.870. The van der Waals surface area contributed by atoms with Crippen LogP contribution in [0.2, 0.25) is 0 Å². The predicted octanol–water partition coefficient (Wildman–Crippen LogP) is 2.20. The second-order valence-electron chi connectivity index (χ2n) is 3.71. The van der Waals surface area contributed by atoms with Gasteiger partial charge in [-0.3, -0.25) is 4.79 Å². The van der Waals surface area contributed by atoms with Crippen molar-refractivity contribution in [3.05, 3.63) is 12.7 Å². The molecule has 0 N–H and O–H groups in total. The van der Waals surface area contributed by atoms with Gasteiger partial charge in [0.25, 0.3) is 0 Å². The first-order valence-electron chi connectivity index (χ1n) is 6.25. The Balaban J connectivity index is 4.05. The van der Waals surface area contributed by atoms with Crippen LogP contribution < -0.4 is 0 Å². The molecule has 0 fully saturated rings. The van der Waals surface area contributed by atoms with Crippen molar-refractivity contribution in [2.75, 3.05) is 26.3 Å². The summed E-state index contributed by atoms with van der Waals surface area (Å²) >= 11 is 0. The van der Waals surface area contributed by atoms with Crippen LogP contribution in [0.15, 0.2) is 12.7 Å². The summed E-state index contributed by atoms with van der Waals surface area (Å²) in [5.74, 6) is 0.0820. The third-order valence-corrected chi connectivity index (χ3v) is 2.39. The molecular weight excluding hydrogens is 218 g/mol. The Bertz CT molecular complexity index is 213. The maximum Gasteiger partial charge on any atom is 0.219 e. The van der Waals surface area contributed by atoms with Crippen LogP contribution in [0.4, 0.5) is 0 Å². The summed E-state index contributed by atoms with van der Waals surface area (Å²) in [5, 5.41) is 0. The van der Waals surface area contributed by atoms with Gasteiger partial charge in [-0.25, -0.2) is 0 Å². The monoisotopic (exact) mass is 243 g/mol. The van der Waals surface area contributed by atoms with E-state index in [0.717, 1.165) is 6.42 Å². The molecule has 0 aromatic carbocycles. The predicted molar refractivity (Wildman–Crippen MR) is 68.7 cm³/mol. The van der Waals surface area contributed by atoms with Crippen molar-refractivity contribution in [1.29, 1.82) is 0 Å². The Kier molecular flexibility index (Phi) is 9.77. The molecule has 0 rings (SSSR count). The van der Waals surface area contributed by atoms with E-state index in [9.17, 15) is 4.79 Å². The molecule has 0 atom stereocenters. The van der Waals surface area contributed by atoms with Gasteiger partial charge in [-0.2, -0.15) is 0 Å². The third-order valence-electron chi connectivity index (χ3n) is 2.39. The van der Waals surface area contributed by atoms with Gasteiger partial charge in [0.2, 0.25) is 5.91 Å². The lowest BCUT2D eigenvalue weighted by Gasteiger charge is -2.23. The largest absolute Gasteiger partial charge is 0.353 e. The molecule has 0 heterocycles. The minimum absolute atomic E-state index is 0.0820. The molecule has 1 amide bonds. The summed E-state index contributed by atoms with van der Waals surface area (Å²) in [6, 6.07) is 0. The standard InChI is InChI=1S/C13H25NO3/c1-5-8-10-14(12(4)15)11-9-13(16-6-2)17-7-3/h5,13H,1,6-11H2,2-4H3. The summed E-state index contributed by atoms with van der Waals surface area (Å²) in [6.45, 7) is 11.7. The normalized spacial score (nSPS) is 10.6. The molecule has 0 spiro atoms. The first-order chi connectivity index (χ1) is 8.15. The van der Waals surface area contributed by atoms with Gasteiger partial charge < -0.3 is 14.4 Å². The molecule has 0 saturated carbocycles. The highest BCUT2D eigenvalue weighted by molar-refractivity contribution is 5.73. The van der Waals surface area contributed by atoms with Gasteiger partial charge in [0.1, 0.15) is 0 Å². The Morgan fingerprint density at radius 3 is 2.29 bits per heavy atom.